The summed E-state index contributed by atoms with van der Waals surface area (Å²) in [5.41, 5.74) is 0. The van der Waals surface area contributed by atoms with Crippen molar-refractivity contribution in [1.29, 1.82) is 0 Å². The molecule has 3 N–H and O–H groups in total. The molecule has 0 aromatic heterocycles. The predicted molar refractivity (Wildman–Crippen MR) is 409 cm³/mol. The van der Waals surface area contributed by atoms with Crippen molar-refractivity contribution in [1.82, 2.24) is 0 Å². The molecule has 0 fully saturated rings. The molecule has 0 aromatic rings. The van der Waals surface area contributed by atoms with E-state index in [1.165, 1.54) is 244 Å². The van der Waals surface area contributed by atoms with Crippen LogP contribution >= 0.6 is 15.6 Å². The fourth-order valence-corrected chi connectivity index (χ4v) is 14.1. The summed E-state index contributed by atoms with van der Waals surface area (Å²) in [6.07, 6.45) is 62.3. The minimum Gasteiger partial charge on any atom is -0.462 e. The van der Waals surface area contributed by atoms with Gasteiger partial charge in [0.2, 0.25) is 0 Å². The Morgan fingerprint density at radius 2 is 0.480 bits per heavy atom. The van der Waals surface area contributed by atoms with Crippen LogP contribution < -0.4 is 0 Å². The number of hydrogen-bond acceptors (Lipinski definition) is 15. The third-order valence-electron chi connectivity index (χ3n) is 19.7. The van der Waals surface area contributed by atoms with Crippen molar-refractivity contribution in [3.8, 4) is 0 Å². The third-order valence-corrected chi connectivity index (χ3v) is 21.6. The summed E-state index contributed by atoms with van der Waals surface area (Å²) in [6, 6.07) is 0. The zero-order chi connectivity index (χ0) is 73.5. The van der Waals surface area contributed by atoms with Crippen LogP contribution in [-0.4, -0.2) is 96.7 Å². The fraction of sp³-hybridized carbons (Fsp3) is 0.951. The van der Waals surface area contributed by atoms with E-state index in [-0.39, 0.29) is 25.7 Å². The molecule has 0 radical (unpaired) electrons. The van der Waals surface area contributed by atoms with Gasteiger partial charge in [-0.25, -0.2) is 9.13 Å². The van der Waals surface area contributed by atoms with Gasteiger partial charge in [0.25, 0.3) is 0 Å². The van der Waals surface area contributed by atoms with Crippen molar-refractivity contribution in [3.05, 3.63) is 0 Å². The summed E-state index contributed by atoms with van der Waals surface area (Å²) in [6.45, 7) is 9.67. The van der Waals surface area contributed by atoms with E-state index in [9.17, 15) is 43.2 Å². The lowest BCUT2D eigenvalue weighted by Crippen LogP contribution is -2.30. The molecule has 4 unspecified atom stereocenters. The van der Waals surface area contributed by atoms with Crippen LogP contribution in [0.15, 0.2) is 0 Å². The number of ether oxygens (including phenoxy) is 4. The number of hydrogen-bond donors (Lipinski definition) is 3. The Labute approximate surface area is 613 Å². The molecule has 0 saturated carbocycles. The standard InChI is InChI=1S/C81H158O17P2/c1-7-11-13-15-17-19-21-23-25-26-27-28-30-32-34-39-47-53-59-65-80(85)97-76(69-91-78(83)63-57-51-45-38-33-31-29-24-22-20-18-16-14-12-8-2)71-95-99(87,88)93-67-75(82)68-94-100(89,90)96-72-77(70-92-79(84)64-58-52-46-42-41-44-50-56-62-74(6)10-4)98-81(86)66-60-54-48-40-36-35-37-43-49-55-61-73(5)9-3/h73-77,82H,7-72H2,1-6H3,(H,87,88)(H,89,90)/t73?,74?,75-,76-,77-/m1/s1. The fourth-order valence-electron chi connectivity index (χ4n) is 12.5. The lowest BCUT2D eigenvalue weighted by atomic mass is 9.99. The van der Waals surface area contributed by atoms with Crippen LogP contribution in [0.2, 0.25) is 0 Å². The summed E-state index contributed by atoms with van der Waals surface area (Å²) in [4.78, 5) is 73.1. The van der Waals surface area contributed by atoms with Gasteiger partial charge in [0.15, 0.2) is 12.2 Å². The predicted octanol–water partition coefficient (Wildman–Crippen LogP) is 24.3. The first-order valence-corrected chi connectivity index (χ1v) is 45.1. The van der Waals surface area contributed by atoms with Crippen molar-refractivity contribution < 1.29 is 80.2 Å². The van der Waals surface area contributed by atoms with Crippen molar-refractivity contribution in [2.45, 2.75) is 445 Å². The zero-order valence-corrected chi connectivity index (χ0v) is 67.3. The van der Waals surface area contributed by atoms with Gasteiger partial charge in [-0.3, -0.25) is 37.3 Å². The molecule has 19 heteroatoms. The smallest absolute Gasteiger partial charge is 0.462 e. The van der Waals surface area contributed by atoms with Crippen LogP contribution in [0.3, 0.4) is 0 Å². The zero-order valence-electron chi connectivity index (χ0n) is 65.5. The molecule has 0 aromatic carbocycles. The monoisotopic (exact) mass is 1470 g/mol. The molecule has 17 nitrogen and oxygen atoms in total. The third kappa shape index (κ3) is 71.7. The van der Waals surface area contributed by atoms with Gasteiger partial charge in [-0.1, -0.05) is 375 Å². The van der Waals surface area contributed by atoms with Gasteiger partial charge >= 0.3 is 39.5 Å². The number of esters is 4. The first-order chi connectivity index (χ1) is 48.4. The molecule has 0 bridgehead atoms. The van der Waals surface area contributed by atoms with E-state index in [0.717, 1.165) is 102 Å². The summed E-state index contributed by atoms with van der Waals surface area (Å²) < 4.78 is 68.8. The van der Waals surface area contributed by atoms with Gasteiger partial charge in [-0.2, -0.15) is 0 Å². The van der Waals surface area contributed by atoms with Crippen LogP contribution in [-0.2, 0) is 65.4 Å². The topological polar surface area (TPSA) is 237 Å². The second-order valence-electron chi connectivity index (χ2n) is 29.6. The number of carbonyl (C=O) groups excluding carboxylic acids is 4. The van der Waals surface area contributed by atoms with E-state index in [4.69, 9.17) is 37.0 Å². The highest BCUT2D eigenvalue weighted by molar-refractivity contribution is 7.47. The van der Waals surface area contributed by atoms with Crippen LogP contribution in [0, 0.1) is 11.8 Å². The van der Waals surface area contributed by atoms with Crippen molar-refractivity contribution in [2.75, 3.05) is 39.6 Å². The minimum absolute atomic E-state index is 0.106. The number of unbranched alkanes of at least 4 members (excludes halogenated alkanes) is 48. The first kappa shape index (κ1) is 98.1. The van der Waals surface area contributed by atoms with Crippen molar-refractivity contribution in [2.24, 2.45) is 11.8 Å². The number of phosphoric acid groups is 2. The Bertz CT molecular complexity index is 1930. The molecular formula is C81H158O17P2. The van der Waals surface area contributed by atoms with E-state index in [0.29, 0.717) is 25.7 Å². The second kappa shape index (κ2) is 72.6. The quantitative estimate of drug-likeness (QED) is 0.0222. The summed E-state index contributed by atoms with van der Waals surface area (Å²) in [5.74, 6) is -0.527. The molecule has 594 valence electrons. The first-order valence-electron chi connectivity index (χ1n) is 42.1. The summed E-state index contributed by atoms with van der Waals surface area (Å²) in [7, 11) is -9.92. The van der Waals surface area contributed by atoms with Crippen LogP contribution in [0.1, 0.15) is 427 Å². The van der Waals surface area contributed by atoms with E-state index in [2.05, 4.69) is 41.5 Å². The second-order valence-corrected chi connectivity index (χ2v) is 32.6. The lowest BCUT2D eigenvalue weighted by molar-refractivity contribution is -0.161. The van der Waals surface area contributed by atoms with E-state index < -0.39 is 97.5 Å². The average Bonchev–Trinajstić information content (AvgIpc) is 1.04. The highest BCUT2D eigenvalue weighted by atomic mass is 31.2. The molecular weight excluding hydrogens is 1310 g/mol. The minimum atomic E-state index is -4.96. The molecule has 0 spiro atoms. The summed E-state index contributed by atoms with van der Waals surface area (Å²) >= 11 is 0. The SMILES string of the molecule is CCCCCCCCCCCCCCCCCCCCCC(=O)O[C@H](COC(=O)CCCCCCCCCCCCCCCCC)COP(=O)(O)OC[C@@H](O)COP(=O)(O)OC[C@@H](COC(=O)CCCCCCCCCCC(C)CC)OC(=O)CCCCCCCCCCCCC(C)CC. The van der Waals surface area contributed by atoms with Gasteiger partial charge in [-0.15, -0.1) is 0 Å². The van der Waals surface area contributed by atoms with Crippen molar-refractivity contribution >= 4 is 39.5 Å². The number of aliphatic hydroxyl groups is 1. The Morgan fingerprint density at radius 1 is 0.280 bits per heavy atom. The van der Waals surface area contributed by atoms with Gasteiger partial charge in [0.1, 0.15) is 19.3 Å². The number of phosphoric ester groups is 2. The maximum atomic E-state index is 13.1. The largest absolute Gasteiger partial charge is 0.472 e. The Kier molecular flexibility index (Phi) is 71.2. The Balaban J connectivity index is 5.26. The lowest BCUT2D eigenvalue weighted by Gasteiger charge is -2.21. The number of carbonyl (C=O) groups is 4. The normalized spacial score (nSPS) is 14.4. The highest BCUT2D eigenvalue weighted by Crippen LogP contribution is 2.45. The Morgan fingerprint density at radius 3 is 0.710 bits per heavy atom. The molecule has 0 saturated heterocycles. The molecule has 0 heterocycles. The molecule has 0 amide bonds. The van der Waals surface area contributed by atoms with Gasteiger partial charge in [0.05, 0.1) is 26.4 Å². The molecule has 0 aliphatic carbocycles. The van der Waals surface area contributed by atoms with Crippen LogP contribution in [0.4, 0.5) is 0 Å². The number of rotatable bonds is 80. The molecule has 0 aliphatic heterocycles. The molecule has 100 heavy (non-hydrogen) atoms. The number of aliphatic hydroxyl groups excluding tert-OH is 1. The van der Waals surface area contributed by atoms with E-state index in [1.807, 2.05) is 0 Å². The van der Waals surface area contributed by atoms with E-state index >= 15 is 0 Å². The van der Waals surface area contributed by atoms with Crippen LogP contribution in [0.5, 0.6) is 0 Å². The molecule has 7 atom stereocenters. The summed E-state index contributed by atoms with van der Waals surface area (Å²) in [5, 5.41) is 10.6. The van der Waals surface area contributed by atoms with Gasteiger partial charge in [-0.05, 0) is 37.5 Å². The Hall–Kier alpha value is -1.94. The highest BCUT2D eigenvalue weighted by Gasteiger charge is 2.30. The van der Waals surface area contributed by atoms with Gasteiger partial charge < -0.3 is 33.8 Å². The maximum Gasteiger partial charge on any atom is 0.472 e. The maximum absolute atomic E-state index is 13.1. The van der Waals surface area contributed by atoms with Crippen LogP contribution in [0.25, 0.3) is 0 Å². The van der Waals surface area contributed by atoms with E-state index in [1.54, 1.807) is 0 Å². The van der Waals surface area contributed by atoms with Gasteiger partial charge in [0, 0.05) is 25.7 Å². The molecule has 0 aliphatic rings. The molecule has 0 rings (SSSR count). The average molecular weight is 1470 g/mol. The van der Waals surface area contributed by atoms with Crippen molar-refractivity contribution in [3.63, 3.8) is 0 Å².